The van der Waals surface area contributed by atoms with E-state index in [4.69, 9.17) is 5.14 Å². The summed E-state index contributed by atoms with van der Waals surface area (Å²) < 4.78 is 39.5. The molecule has 0 fully saturated rings. The van der Waals surface area contributed by atoms with Gasteiger partial charge in [-0.15, -0.1) is 0 Å². The van der Waals surface area contributed by atoms with Crippen molar-refractivity contribution in [2.24, 2.45) is 5.14 Å². The van der Waals surface area contributed by atoms with E-state index in [1.54, 1.807) is 24.3 Å². The fourth-order valence-electron chi connectivity index (χ4n) is 3.46. The van der Waals surface area contributed by atoms with Crippen LogP contribution >= 0.6 is 0 Å². The minimum Gasteiger partial charge on any atom is -0.326 e. The average Bonchev–Trinajstić information content (AvgIpc) is 3.25. The van der Waals surface area contributed by atoms with Gasteiger partial charge in [0.15, 0.2) is 0 Å². The van der Waals surface area contributed by atoms with E-state index in [0.29, 0.717) is 5.69 Å². The molecule has 1 heterocycles. The molecule has 0 atom stereocenters. The molecular weight excluding hydrogens is 395 g/mol. The molecule has 1 aliphatic rings. The number of fused-ring (bicyclic) bond motifs is 1. The largest absolute Gasteiger partial charge is 0.326 e. The number of benzene rings is 2. The van der Waals surface area contributed by atoms with Crippen LogP contribution in [0.4, 0.5) is 10.1 Å². The summed E-state index contributed by atoms with van der Waals surface area (Å²) in [5.74, 6) is -0.948. The Morgan fingerprint density at radius 1 is 1.21 bits per heavy atom. The van der Waals surface area contributed by atoms with Gasteiger partial charge in [-0.2, -0.15) is 5.10 Å². The van der Waals surface area contributed by atoms with Crippen molar-refractivity contribution in [3.63, 3.8) is 0 Å². The molecule has 0 radical (unpaired) electrons. The number of carbonyl (C=O) groups is 1. The maximum atomic E-state index is 13.7. The summed E-state index contributed by atoms with van der Waals surface area (Å²) in [6, 6.07) is 10.4. The molecule has 1 aromatic heterocycles. The van der Waals surface area contributed by atoms with Crippen molar-refractivity contribution < 1.29 is 17.6 Å². The minimum absolute atomic E-state index is 0.151. The predicted molar refractivity (Wildman–Crippen MR) is 106 cm³/mol. The van der Waals surface area contributed by atoms with Crippen molar-refractivity contribution in [1.29, 1.82) is 0 Å². The van der Waals surface area contributed by atoms with E-state index in [-0.39, 0.29) is 22.6 Å². The van der Waals surface area contributed by atoms with Gasteiger partial charge in [0.2, 0.25) is 15.9 Å². The Bertz CT molecular complexity index is 1180. The molecule has 4 rings (SSSR count). The first-order chi connectivity index (χ1) is 13.8. The highest BCUT2D eigenvalue weighted by molar-refractivity contribution is 7.89. The van der Waals surface area contributed by atoms with Gasteiger partial charge in [0.1, 0.15) is 10.7 Å². The van der Waals surface area contributed by atoms with Gasteiger partial charge in [-0.3, -0.25) is 4.79 Å². The molecule has 0 saturated heterocycles. The lowest BCUT2D eigenvalue weighted by molar-refractivity contribution is -0.115. The van der Waals surface area contributed by atoms with Crippen LogP contribution in [0.2, 0.25) is 0 Å². The second-order valence-electron chi connectivity index (χ2n) is 6.94. The Hall–Kier alpha value is -3.04. The number of hydrogen-bond acceptors (Lipinski definition) is 4. The van der Waals surface area contributed by atoms with Crippen LogP contribution in [-0.2, 0) is 34.1 Å². The van der Waals surface area contributed by atoms with Gasteiger partial charge >= 0.3 is 0 Å². The third-order valence-corrected chi connectivity index (χ3v) is 5.78. The zero-order chi connectivity index (χ0) is 20.6. The van der Waals surface area contributed by atoms with Crippen molar-refractivity contribution in [2.45, 2.75) is 30.6 Å². The number of amides is 1. The first kappa shape index (κ1) is 19.3. The highest BCUT2D eigenvalue weighted by Crippen LogP contribution is 2.27. The van der Waals surface area contributed by atoms with Crippen molar-refractivity contribution in [2.75, 3.05) is 5.32 Å². The molecule has 9 heteroatoms. The fraction of sp³-hybridized carbons (Fsp3) is 0.200. The lowest BCUT2D eigenvalue weighted by atomic mass is 10.1. The number of anilines is 1. The maximum Gasteiger partial charge on any atom is 0.240 e. The number of sulfonamides is 1. The van der Waals surface area contributed by atoms with E-state index in [9.17, 15) is 17.6 Å². The van der Waals surface area contributed by atoms with E-state index in [1.165, 1.54) is 22.9 Å². The number of nitrogens with two attached hydrogens (primary N) is 1. The van der Waals surface area contributed by atoms with Gasteiger partial charge in [-0.1, -0.05) is 18.2 Å². The standard InChI is InChI=1S/C20H19FN4O3S/c21-16-6-2-1-4-13(16)10-20(26)23-15-8-9-18(19(11-15)29(22,27)28)25-12-14-5-3-7-17(14)24-25/h1-2,4,6,8-9,11-12H,3,5,7,10H2,(H,23,26)(H2,22,27,28). The van der Waals surface area contributed by atoms with Crippen molar-refractivity contribution in [1.82, 2.24) is 9.78 Å². The van der Waals surface area contributed by atoms with Crippen molar-refractivity contribution in [3.8, 4) is 5.69 Å². The van der Waals surface area contributed by atoms with Gasteiger partial charge in [0.25, 0.3) is 0 Å². The maximum absolute atomic E-state index is 13.7. The molecule has 150 valence electrons. The lowest BCUT2D eigenvalue weighted by Gasteiger charge is -2.12. The molecule has 29 heavy (non-hydrogen) atoms. The number of halogens is 1. The number of nitrogens with one attached hydrogen (secondary N) is 1. The van der Waals surface area contributed by atoms with E-state index < -0.39 is 21.7 Å². The Morgan fingerprint density at radius 2 is 2.00 bits per heavy atom. The number of nitrogens with zero attached hydrogens (tertiary/aromatic N) is 2. The summed E-state index contributed by atoms with van der Waals surface area (Å²) >= 11 is 0. The zero-order valence-corrected chi connectivity index (χ0v) is 16.2. The van der Waals surface area contributed by atoms with Gasteiger partial charge in [0, 0.05) is 11.9 Å². The molecule has 7 nitrogen and oxygen atoms in total. The number of carbonyl (C=O) groups excluding carboxylic acids is 1. The molecular formula is C20H19FN4O3S. The van der Waals surface area contributed by atoms with E-state index in [2.05, 4.69) is 10.4 Å². The monoisotopic (exact) mass is 414 g/mol. The number of primary sulfonamides is 1. The van der Waals surface area contributed by atoms with Crippen LogP contribution in [0, 0.1) is 5.82 Å². The number of hydrogen-bond donors (Lipinski definition) is 2. The van der Waals surface area contributed by atoms with Gasteiger partial charge in [-0.05, 0) is 54.7 Å². The lowest BCUT2D eigenvalue weighted by Crippen LogP contribution is -2.18. The molecule has 3 aromatic rings. The van der Waals surface area contributed by atoms with Crippen LogP contribution in [-0.4, -0.2) is 24.1 Å². The third kappa shape index (κ3) is 4.06. The van der Waals surface area contributed by atoms with Crippen molar-refractivity contribution in [3.05, 3.63) is 71.3 Å². The highest BCUT2D eigenvalue weighted by Gasteiger charge is 2.21. The zero-order valence-electron chi connectivity index (χ0n) is 15.4. The normalized spacial score (nSPS) is 13.3. The molecule has 0 bridgehead atoms. The van der Waals surface area contributed by atoms with Crippen LogP contribution in [0.15, 0.2) is 53.6 Å². The van der Waals surface area contributed by atoms with Gasteiger partial charge in [0.05, 0.1) is 17.8 Å². The SMILES string of the molecule is NS(=O)(=O)c1cc(NC(=O)Cc2ccccc2F)ccc1-n1cc2c(n1)CCC2. The van der Waals surface area contributed by atoms with E-state index >= 15 is 0 Å². The topological polar surface area (TPSA) is 107 Å². The van der Waals surface area contributed by atoms with Crippen LogP contribution in [0.25, 0.3) is 5.69 Å². The molecule has 1 amide bonds. The van der Waals surface area contributed by atoms with E-state index in [0.717, 1.165) is 30.5 Å². The minimum atomic E-state index is -4.07. The second kappa shape index (κ2) is 7.41. The second-order valence-corrected chi connectivity index (χ2v) is 8.47. The third-order valence-electron chi connectivity index (χ3n) is 4.84. The average molecular weight is 414 g/mol. The highest BCUT2D eigenvalue weighted by atomic mass is 32.2. The van der Waals surface area contributed by atoms with Gasteiger partial charge < -0.3 is 5.32 Å². The summed E-state index contributed by atoms with van der Waals surface area (Å²) in [4.78, 5) is 12.1. The Kier molecular flexibility index (Phi) is 4.93. The van der Waals surface area contributed by atoms with Crippen LogP contribution in [0.1, 0.15) is 23.2 Å². The van der Waals surface area contributed by atoms with Crippen LogP contribution < -0.4 is 10.5 Å². The summed E-state index contributed by atoms with van der Waals surface area (Å²) in [5, 5.41) is 12.4. The molecule has 2 aromatic carbocycles. The van der Waals surface area contributed by atoms with Crippen LogP contribution in [0.5, 0.6) is 0 Å². The number of aromatic nitrogens is 2. The summed E-state index contributed by atoms with van der Waals surface area (Å²) in [6.07, 6.45) is 4.43. The molecule has 0 unspecified atom stereocenters. The number of aryl methyl sites for hydroxylation is 2. The summed E-state index contributed by atoms with van der Waals surface area (Å²) in [7, 11) is -4.07. The quantitative estimate of drug-likeness (QED) is 0.668. The number of rotatable bonds is 5. The Labute approximate surface area is 167 Å². The molecule has 0 aliphatic heterocycles. The van der Waals surface area contributed by atoms with E-state index in [1.807, 2.05) is 6.20 Å². The van der Waals surface area contributed by atoms with Crippen molar-refractivity contribution >= 4 is 21.6 Å². The summed E-state index contributed by atoms with van der Waals surface area (Å²) in [6.45, 7) is 0. The predicted octanol–water partition coefficient (Wildman–Crippen LogP) is 2.33. The first-order valence-electron chi connectivity index (χ1n) is 9.09. The molecule has 0 spiro atoms. The van der Waals surface area contributed by atoms with Crippen LogP contribution in [0.3, 0.4) is 0 Å². The molecule has 3 N–H and O–H groups in total. The summed E-state index contributed by atoms with van der Waals surface area (Å²) in [5.41, 5.74) is 2.85. The smallest absolute Gasteiger partial charge is 0.240 e. The Morgan fingerprint density at radius 3 is 2.72 bits per heavy atom. The van der Waals surface area contributed by atoms with Gasteiger partial charge in [-0.25, -0.2) is 22.6 Å². The molecule has 0 saturated carbocycles. The first-order valence-corrected chi connectivity index (χ1v) is 10.6. The Balaban J connectivity index is 1.62. The fourth-order valence-corrected chi connectivity index (χ4v) is 4.21. The molecule has 1 aliphatic carbocycles.